The Morgan fingerprint density at radius 2 is 2.04 bits per heavy atom. The van der Waals surface area contributed by atoms with Crippen LogP contribution in [0.5, 0.6) is 0 Å². The van der Waals surface area contributed by atoms with Crippen molar-refractivity contribution in [3.8, 4) is 0 Å². The predicted octanol–water partition coefficient (Wildman–Crippen LogP) is 1.87. The van der Waals surface area contributed by atoms with Gasteiger partial charge in [-0.15, -0.1) is 11.3 Å². The maximum absolute atomic E-state index is 12.3. The Hall–Kier alpha value is -1.47. The molecule has 2 rings (SSSR count). The van der Waals surface area contributed by atoms with E-state index < -0.39 is 5.41 Å². The van der Waals surface area contributed by atoms with Crippen LogP contribution >= 0.6 is 11.3 Å². The molecule has 1 aliphatic rings. The fraction of sp³-hybridized carbons (Fsp3) is 0.688. The molecular weight excluding hydrogens is 312 g/mol. The number of nitrogens with two attached hydrogens (primary N) is 1. The minimum absolute atomic E-state index is 0.0754. The van der Waals surface area contributed by atoms with Crippen LogP contribution in [0.15, 0.2) is 5.38 Å². The third-order valence-corrected chi connectivity index (χ3v) is 4.89. The molecule has 6 nitrogen and oxygen atoms in total. The van der Waals surface area contributed by atoms with E-state index in [0.717, 1.165) is 25.9 Å². The molecule has 0 aromatic carbocycles. The molecule has 0 aliphatic carbocycles. The summed E-state index contributed by atoms with van der Waals surface area (Å²) in [5.41, 5.74) is 5.92. The van der Waals surface area contributed by atoms with Gasteiger partial charge in [0.15, 0.2) is 5.13 Å². The number of likely N-dealkylation sites (tertiary alicyclic amines) is 1. The minimum Gasteiger partial charge on any atom is -0.342 e. The SMILES string of the molecule is CC(C)(C)C(=O)Nc1nc(CC(=O)N2CCC(CN)CC2)cs1. The molecular formula is C16H26N4O2S. The molecule has 0 radical (unpaired) electrons. The van der Waals surface area contributed by atoms with Gasteiger partial charge in [0.1, 0.15) is 0 Å². The van der Waals surface area contributed by atoms with E-state index in [1.165, 1.54) is 11.3 Å². The van der Waals surface area contributed by atoms with Crippen LogP contribution in [-0.2, 0) is 16.0 Å². The fourth-order valence-electron chi connectivity index (χ4n) is 2.42. The monoisotopic (exact) mass is 338 g/mol. The number of amides is 2. The van der Waals surface area contributed by atoms with E-state index in [4.69, 9.17) is 5.73 Å². The van der Waals surface area contributed by atoms with Crippen molar-refractivity contribution in [3.05, 3.63) is 11.1 Å². The lowest BCUT2D eigenvalue weighted by molar-refractivity contribution is -0.131. The molecule has 128 valence electrons. The largest absolute Gasteiger partial charge is 0.342 e. The van der Waals surface area contributed by atoms with Crippen molar-refractivity contribution in [2.45, 2.75) is 40.0 Å². The van der Waals surface area contributed by atoms with Gasteiger partial charge in [0, 0.05) is 23.9 Å². The third-order valence-electron chi connectivity index (χ3n) is 4.09. The first-order chi connectivity index (χ1) is 10.8. The van der Waals surface area contributed by atoms with Crippen molar-refractivity contribution < 1.29 is 9.59 Å². The Morgan fingerprint density at radius 3 is 2.61 bits per heavy atom. The smallest absolute Gasteiger partial charge is 0.231 e. The average molecular weight is 338 g/mol. The van der Waals surface area contributed by atoms with Crippen LogP contribution in [0.2, 0.25) is 0 Å². The number of carbonyl (C=O) groups excluding carboxylic acids is 2. The lowest BCUT2D eigenvalue weighted by Crippen LogP contribution is -2.40. The highest BCUT2D eigenvalue weighted by atomic mass is 32.1. The Kier molecular flexibility index (Phi) is 5.75. The molecule has 0 saturated carbocycles. The Balaban J connectivity index is 1.87. The van der Waals surface area contributed by atoms with Crippen LogP contribution < -0.4 is 11.1 Å². The van der Waals surface area contributed by atoms with Crippen molar-refractivity contribution in [3.63, 3.8) is 0 Å². The molecule has 0 atom stereocenters. The molecule has 2 amide bonds. The van der Waals surface area contributed by atoms with Gasteiger partial charge in [-0.05, 0) is 25.3 Å². The summed E-state index contributed by atoms with van der Waals surface area (Å²) in [6, 6.07) is 0. The first-order valence-corrected chi connectivity index (χ1v) is 8.91. The number of rotatable bonds is 4. The number of anilines is 1. The molecule has 1 fully saturated rings. The number of thiazole rings is 1. The number of piperidine rings is 1. The second kappa shape index (κ2) is 7.40. The second-order valence-corrected chi connectivity index (χ2v) is 7.94. The van der Waals surface area contributed by atoms with Gasteiger partial charge in [0.05, 0.1) is 12.1 Å². The van der Waals surface area contributed by atoms with E-state index in [1.54, 1.807) is 0 Å². The van der Waals surface area contributed by atoms with E-state index in [9.17, 15) is 9.59 Å². The topological polar surface area (TPSA) is 88.3 Å². The van der Waals surface area contributed by atoms with Gasteiger partial charge in [0.25, 0.3) is 0 Å². The number of hydrogen-bond donors (Lipinski definition) is 2. The summed E-state index contributed by atoms with van der Waals surface area (Å²) in [5, 5.41) is 5.18. The maximum Gasteiger partial charge on any atom is 0.231 e. The molecule has 0 bridgehead atoms. The Morgan fingerprint density at radius 1 is 1.39 bits per heavy atom. The van der Waals surface area contributed by atoms with Gasteiger partial charge in [-0.3, -0.25) is 9.59 Å². The van der Waals surface area contributed by atoms with Gasteiger partial charge in [0.2, 0.25) is 11.8 Å². The number of nitrogens with zero attached hydrogens (tertiary/aromatic N) is 2. The van der Waals surface area contributed by atoms with Crippen LogP contribution in [0.4, 0.5) is 5.13 Å². The van der Waals surface area contributed by atoms with Crippen molar-refractivity contribution in [2.24, 2.45) is 17.1 Å². The van der Waals surface area contributed by atoms with E-state index in [-0.39, 0.29) is 18.2 Å². The average Bonchev–Trinajstić information content (AvgIpc) is 2.93. The highest BCUT2D eigenvalue weighted by molar-refractivity contribution is 7.13. The van der Waals surface area contributed by atoms with Crippen LogP contribution in [0.1, 0.15) is 39.3 Å². The summed E-state index contributed by atoms with van der Waals surface area (Å²) < 4.78 is 0. The highest BCUT2D eigenvalue weighted by Gasteiger charge is 2.24. The van der Waals surface area contributed by atoms with E-state index in [0.29, 0.717) is 23.3 Å². The molecule has 2 heterocycles. The van der Waals surface area contributed by atoms with Crippen molar-refractivity contribution in [2.75, 3.05) is 25.0 Å². The Bertz CT molecular complexity index is 557. The molecule has 3 N–H and O–H groups in total. The van der Waals surface area contributed by atoms with Gasteiger partial charge in [-0.25, -0.2) is 4.98 Å². The molecule has 7 heteroatoms. The van der Waals surface area contributed by atoms with Crippen LogP contribution in [0.25, 0.3) is 0 Å². The predicted molar refractivity (Wildman–Crippen MR) is 92.3 cm³/mol. The first kappa shape index (κ1) is 17.9. The second-order valence-electron chi connectivity index (χ2n) is 7.08. The summed E-state index contributed by atoms with van der Waals surface area (Å²) in [4.78, 5) is 30.5. The number of nitrogens with one attached hydrogen (secondary N) is 1. The number of carbonyl (C=O) groups is 2. The van der Waals surface area contributed by atoms with Crippen LogP contribution in [0.3, 0.4) is 0 Å². The standard InChI is InChI=1S/C16H26N4O2S/c1-16(2,3)14(22)19-15-18-12(10-23-15)8-13(21)20-6-4-11(9-17)5-7-20/h10-11H,4-9,17H2,1-3H3,(H,18,19,22). The van der Waals surface area contributed by atoms with Gasteiger partial charge < -0.3 is 16.0 Å². The molecule has 1 aliphatic heterocycles. The minimum atomic E-state index is -0.463. The fourth-order valence-corrected chi connectivity index (χ4v) is 3.12. The molecule has 0 unspecified atom stereocenters. The van der Waals surface area contributed by atoms with E-state index >= 15 is 0 Å². The van der Waals surface area contributed by atoms with Crippen molar-refractivity contribution in [1.29, 1.82) is 0 Å². The quantitative estimate of drug-likeness (QED) is 0.877. The summed E-state index contributed by atoms with van der Waals surface area (Å²) in [6.45, 7) is 7.81. The third kappa shape index (κ3) is 5.00. The van der Waals surface area contributed by atoms with Crippen molar-refractivity contribution in [1.82, 2.24) is 9.88 Å². The molecule has 1 saturated heterocycles. The zero-order valence-electron chi connectivity index (χ0n) is 14.1. The lowest BCUT2D eigenvalue weighted by atomic mass is 9.96. The van der Waals surface area contributed by atoms with E-state index in [2.05, 4.69) is 10.3 Å². The molecule has 0 spiro atoms. The van der Waals surface area contributed by atoms with Gasteiger partial charge in [-0.1, -0.05) is 20.8 Å². The zero-order chi connectivity index (χ0) is 17.0. The highest BCUT2D eigenvalue weighted by Crippen LogP contribution is 2.22. The summed E-state index contributed by atoms with van der Waals surface area (Å²) >= 11 is 1.36. The Labute approximate surface area is 141 Å². The summed E-state index contributed by atoms with van der Waals surface area (Å²) in [7, 11) is 0. The normalized spacial score (nSPS) is 16.4. The zero-order valence-corrected chi connectivity index (χ0v) is 14.9. The van der Waals surface area contributed by atoms with Crippen LogP contribution in [-0.4, -0.2) is 41.3 Å². The van der Waals surface area contributed by atoms with Crippen LogP contribution in [0, 0.1) is 11.3 Å². The van der Waals surface area contributed by atoms with E-state index in [1.807, 2.05) is 31.1 Å². The number of hydrogen-bond acceptors (Lipinski definition) is 5. The lowest BCUT2D eigenvalue weighted by Gasteiger charge is -2.31. The number of aromatic nitrogens is 1. The molecule has 23 heavy (non-hydrogen) atoms. The first-order valence-electron chi connectivity index (χ1n) is 8.03. The maximum atomic E-state index is 12.3. The summed E-state index contributed by atoms with van der Waals surface area (Å²) in [5.74, 6) is 0.561. The van der Waals surface area contributed by atoms with Gasteiger partial charge >= 0.3 is 0 Å². The molecule has 1 aromatic rings. The summed E-state index contributed by atoms with van der Waals surface area (Å²) in [6.07, 6.45) is 2.24. The molecule has 1 aromatic heterocycles. The van der Waals surface area contributed by atoms with Gasteiger partial charge in [-0.2, -0.15) is 0 Å². The van der Waals surface area contributed by atoms with Crippen molar-refractivity contribution >= 4 is 28.3 Å².